The maximum absolute atomic E-state index is 11.9. The number of nitrogens with zero attached hydrogens (tertiary/aromatic N) is 1. The average Bonchev–Trinajstić information content (AvgIpc) is 2.68. The molecule has 0 amide bonds. The molecule has 1 saturated carbocycles. The second-order valence-corrected chi connectivity index (χ2v) is 5.06. The normalized spacial score (nSPS) is 17.6. The van der Waals surface area contributed by atoms with E-state index in [1.54, 1.807) is 0 Å². The standard InChI is InChI=1S/C14H18N2O/c17-14-15-12-8-4-5-9-13(12)16(14)10-11-6-2-1-3-7-11/h4-5,8-9,11H,1-3,6-7,10H2,(H,15,17). The van der Waals surface area contributed by atoms with Crippen LogP contribution in [0.1, 0.15) is 32.1 Å². The predicted molar refractivity (Wildman–Crippen MR) is 69.1 cm³/mol. The van der Waals surface area contributed by atoms with Crippen molar-refractivity contribution in [2.75, 3.05) is 0 Å². The molecule has 0 aliphatic heterocycles. The minimum Gasteiger partial charge on any atom is -0.306 e. The van der Waals surface area contributed by atoms with Gasteiger partial charge >= 0.3 is 5.69 Å². The lowest BCUT2D eigenvalue weighted by molar-refractivity contribution is 0.319. The molecule has 0 bridgehead atoms. The van der Waals surface area contributed by atoms with Gasteiger partial charge in [0.25, 0.3) is 0 Å². The van der Waals surface area contributed by atoms with Gasteiger partial charge in [0.05, 0.1) is 11.0 Å². The fourth-order valence-corrected chi connectivity index (χ4v) is 2.92. The molecule has 0 radical (unpaired) electrons. The van der Waals surface area contributed by atoms with Crippen LogP contribution in [-0.2, 0) is 6.54 Å². The highest BCUT2D eigenvalue weighted by Gasteiger charge is 2.16. The quantitative estimate of drug-likeness (QED) is 0.846. The number of imidazole rings is 1. The first kappa shape index (κ1) is 10.6. The highest BCUT2D eigenvalue weighted by Crippen LogP contribution is 2.25. The Kier molecular flexibility index (Phi) is 2.75. The zero-order valence-corrected chi connectivity index (χ0v) is 9.98. The molecule has 0 saturated heterocycles. The first-order chi connectivity index (χ1) is 8.34. The summed E-state index contributed by atoms with van der Waals surface area (Å²) in [5, 5.41) is 0. The Hall–Kier alpha value is -1.51. The second kappa shape index (κ2) is 4.40. The van der Waals surface area contributed by atoms with Crippen LogP contribution in [0.4, 0.5) is 0 Å². The summed E-state index contributed by atoms with van der Waals surface area (Å²) in [6, 6.07) is 7.94. The van der Waals surface area contributed by atoms with Crippen LogP contribution in [0.3, 0.4) is 0 Å². The van der Waals surface area contributed by atoms with Crippen LogP contribution < -0.4 is 5.69 Å². The van der Waals surface area contributed by atoms with Gasteiger partial charge in [-0.25, -0.2) is 4.79 Å². The number of nitrogens with one attached hydrogen (secondary N) is 1. The summed E-state index contributed by atoms with van der Waals surface area (Å²) in [7, 11) is 0. The van der Waals surface area contributed by atoms with E-state index >= 15 is 0 Å². The highest BCUT2D eigenvalue weighted by atomic mass is 16.1. The van der Waals surface area contributed by atoms with Crippen LogP contribution in [0.25, 0.3) is 11.0 Å². The second-order valence-electron chi connectivity index (χ2n) is 5.06. The fourth-order valence-electron chi connectivity index (χ4n) is 2.92. The molecule has 17 heavy (non-hydrogen) atoms. The van der Waals surface area contributed by atoms with Gasteiger partial charge in [-0.05, 0) is 30.9 Å². The van der Waals surface area contributed by atoms with Gasteiger partial charge in [-0.2, -0.15) is 0 Å². The van der Waals surface area contributed by atoms with Crippen molar-refractivity contribution >= 4 is 11.0 Å². The molecule has 2 aromatic rings. The van der Waals surface area contributed by atoms with Crippen molar-refractivity contribution < 1.29 is 0 Å². The molecule has 1 N–H and O–H groups in total. The van der Waals surface area contributed by atoms with E-state index in [0.29, 0.717) is 5.92 Å². The third-order valence-corrected chi connectivity index (χ3v) is 3.85. The Balaban J connectivity index is 1.93. The van der Waals surface area contributed by atoms with Gasteiger partial charge in [-0.1, -0.05) is 31.4 Å². The number of aromatic nitrogens is 2. The maximum Gasteiger partial charge on any atom is 0.326 e. The number of aromatic amines is 1. The van der Waals surface area contributed by atoms with E-state index in [1.165, 1.54) is 32.1 Å². The molecular formula is C14H18N2O. The highest BCUT2D eigenvalue weighted by molar-refractivity contribution is 5.74. The molecule has 3 heteroatoms. The molecule has 1 aromatic heterocycles. The van der Waals surface area contributed by atoms with Crippen LogP contribution in [0.15, 0.2) is 29.1 Å². The van der Waals surface area contributed by atoms with Gasteiger partial charge < -0.3 is 4.98 Å². The van der Waals surface area contributed by atoms with Gasteiger partial charge in [0.15, 0.2) is 0 Å². The Morgan fingerprint density at radius 3 is 2.76 bits per heavy atom. The summed E-state index contributed by atoms with van der Waals surface area (Å²) in [6.45, 7) is 0.878. The third kappa shape index (κ3) is 2.02. The molecule has 1 aromatic carbocycles. The van der Waals surface area contributed by atoms with Crippen molar-refractivity contribution in [3.63, 3.8) is 0 Å². The van der Waals surface area contributed by atoms with Crippen molar-refractivity contribution in [3.05, 3.63) is 34.7 Å². The van der Waals surface area contributed by atoms with E-state index in [-0.39, 0.29) is 5.69 Å². The smallest absolute Gasteiger partial charge is 0.306 e. The summed E-state index contributed by atoms with van der Waals surface area (Å²) in [5.41, 5.74) is 2.04. The Bertz CT molecular complexity index is 561. The SMILES string of the molecule is O=c1[nH]c2ccccc2n1CC1CCCCC1. The lowest BCUT2D eigenvalue weighted by Crippen LogP contribution is -2.22. The largest absolute Gasteiger partial charge is 0.326 e. The molecule has 0 unspecified atom stereocenters. The van der Waals surface area contributed by atoms with E-state index in [1.807, 2.05) is 28.8 Å². The molecule has 90 valence electrons. The van der Waals surface area contributed by atoms with E-state index < -0.39 is 0 Å². The average molecular weight is 230 g/mol. The summed E-state index contributed by atoms with van der Waals surface area (Å²) >= 11 is 0. The van der Waals surface area contributed by atoms with Gasteiger partial charge in [-0.3, -0.25) is 4.57 Å². The molecule has 3 rings (SSSR count). The van der Waals surface area contributed by atoms with E-state index in [2.05, 4.69) is 4.98 Å². The number of hydrogen-bond acceptors (Lipinski definition) is 1. The summed E-state index contributed by atoms with van der Waals surface area (Å²) in [6.07, 6.45) is 6.54. The molecule has 0 atom stereocenters. The van der Waals surface area contributed by atoms with Crippen molar-refractivity contribution in [3.8, 4) is 0 Å². The monoisotopic (exact) mass is 230 g/mol. The fraction of sp³-hybridized carbons (Fsp3) is 0.500. The zero-order chi connectivity index (χ0) is 11.7. The molecule has 3 nitrogen and oxygen atoms in total. The zero-order valence-electron chi connectivity index (χ0n) is 9.98. The first-order valence-electron chi connectivity index (χ1n) is 6.52. The summed E-state index contributed by atoms with van der Waals surface area (Å²) in [5.74, 6) is 0.681. The Morgan fingerprint density at radius 2 is 1.94 bits per heavy atom. The summed E-state index contributed by atoms with van der Waals surface area (Å²) < 4.78 is 1.91. The number of rotatable bonds is 2. The molecule has 0 spiro atoms. The van der Waals surface area contributed by atoms with Gasteiger partial charge in [0, 0.05) is 6.54 Å². The maximum atomic E-state index is 11.9. The van der Waals surface area contributed by atoms with Crippen molar-refractivity contribution in [1.82, 2.24) is 9.55 Å². The minimum atomic E-state index is 0.0387. The van der Waals surface area contributed by atoms with Crippen molar-refractivity contribution in [2.24, 2.45) is 5.92 Å². The Morgan fingerprint density at radius 1 is 1.18 bits per heavy atom. The summed E-state index contributed by atoms with van der Waals surface area (Å²) in [4.78, 5) is 14.8. The predicted octanol–water partition coefficient (Wildman–Crippen LogP) is 2.91. The molecule has 1 fully saturated rings. The van der Waals surface area contributed by atoms with Crippen LogP contribution >= 0.6 is 0 Å². The van der Waals surface area contributed by atoms with Crippen molar-refractivity contribution in [1.29, 1.82) is 0 Å². The lowest BCUT2D eigenvalue weighted by Gasteiger charge is -2.21. The van der Waals surface area contributed by atoms with E-state index in [4.69, 9.17) is 0 Å². The van der Waals surface area contributed by atoms with Crippen LogP contribution in [0.2, 0.25) is 0 Å². The molecule has 1 heterocycles. The number of fused-ring (bicyclic) bond motifs is 1. The molecular weight excluding hydrogens is 212 g/mol. The van der Waals surface area contributed by atoms with Crippen molar-refractivity contribution in [2.45, 2.75) is 38.6 Å². The van der Waals surface area contributed by atoms with Gasteiger partial charge in [-0.15, -0.1) is 0 Å². The number of H-pyrrole nitrogens is 1. The molecule has 1 aliphatic rings. The van der Waals surface area contributed by atoms with Crippen LogP contribution in [0, 0.1) is 5.92 Å². The van der Waals surface area contributed by atoms with Gasteiger partial charge in [0.2, 0.25) is 0 Å². The van der Waals surface area contributed by atoms with E-state index in [0.717, 1.165) is 17.6 Å². The van der Waals surface area contributed by atoms with E-state index in [9.17, 15) is 4.79 Å². The lowest BCUT2D eigenvalue weighted by atomic mass is 9.89. The third-order valence-electron chi connectivity index (χ3n) is 3.85. The topological polar surface area (TPSA) is 37.8 Å². The van der Waals surface area contributed by atoms with Crippen LogP contribution in [-0.4, -0.2) is 9.55 Å². The van der Waals surface area contributed by atoms with Gasteiger partial charge in [0.1, 0.15) is 0 Å². The Labute approximate surface area is 100 Å². The first-order valence-corrected chi connectivity index (χ1v) is 6.52. The minimum absolute atomic E-state index is 0.0387. The number of para-hydroxylation sites is 2. The number of hydrogen-bond donors (Lipinski definition) is 1. The molecule has 1 aliphatic carbocycles. The number of benzene rings is 1. The van der Waals surface area contributed by atoms with Crippen LogP contribution in [0.5, 0.6) is 0 Å².